The van der Waals surface area contributed by atoms with Crippen LogP contribution in [-0.4, -0.2) is 28.4 Å². The first-order valence-corrected chi connectivity index (χ1v) is 8.50. The molecule has 0 fully saturated rings. The summed E-state index contributed by atoms with van der Waals surface area (Å²) >= 11 is 7.64. The summed E-state index contributed by atoms with van der Waals surface area (Å²) < 4.78 is 12.6. The minimum absolute atomic E-state index is 0.0423. The maximum Gasteiger partial charge on any atom is 0.274 e. The summed E-state index contributed by atoms with van der Waals surface area (Å²) in [5.74, 6) is 0.697. The lowest BCUT2D eigenvalue weighted by atomic mass is 10.1. The molecular formula is C16H22ClNO3S. The standard InChI is InChI=1S/C16H22ClNO3S/c1-9(2)20-15-18-13-12(21-16(3,4)5)7-6-10(11(17)8-19)14(13)22-15/h6-7,9,11,19H,8H2,1-5H3/t11-/m1/s1. The second kappa shape index (κ2) is 6.60. The summed E-state index contributed by atoms with van der Waals surface area (Å²) in [4.78, 5) is 4.55. The summed E-state index contributed by atoms with van der Waals surface area (Å²) in [5.41, 5.74) is 1.25. The van der Waals surface area contributed by atoms with E-state index in [1.54, 1.807) is 0 Å². The molecular weight excluding hydrogens is 322 g/mol. The Kier molecular flexibility index (Phi) is 5.20. The van der Waals surface area contributed by atoms with Gasteiger partial charge >= 0.3 is 0 Å². The van der Waals surface area contributed by atoms with Crippen molar-refractivity contribution in [3.63, 3.8) is 0 Å². The summed E-state index contributed by atoms with van der Waals surface area (Å²) in [7, 11) is 0. The van der Waals surface area contributed by atoms with Gasteiger partial charge < -0.3 is 14.6 Å². The van der Waals surface area contributed by atoms with Crippen molar-refractivity contribution >= 4 is 33.2 Å². The number of nitrogens with zero attached hydrogens (tertiary/aromatic N) is 1. The minimum atomic E-state index is -0.474. The van der Waals surface area contributed by atoms with Crippen LogP contribution in [0.3, 0.4) is 0 Å². The predicted molar refractivity (Wildman–Crippen MR) is 91.4 cm³/mol. The average Bonchev–Trinajstić information content (AvgIpc) is 2.79. The van der Waals surface area contributed by atoms with Crippen molar-refractivity contribution in [2.75, 3.05) is 6.61 Å². The van der Waals surface area contributed by atoms with Crippen molar-refractivity contribution < 1.29 is 14.6 Å². The summed E-state index contributed by atoms with van der Waals surface area (Å²) in [6, 6.07) is 3.74. The zero-order chi connectivity index (χ0) is 16.5. The third-order valence-electron chi connectivity index (χ3n) is 2.77. The van der Waals surface area contributed by atoms with Crippen LogP contribution >= 0.6 is 22.9 Å². The van der Waals surface area contributed by atoms with Crippen LogP contribution in [0.1, 0.15) is 45.6 Å². The molecule has 0 spiro atoms. The Hall–Kier alpha value is -1.04. The molecule has 0 aliphatic rings. The Morgan fingerprint density at radius 3 is 2.55 bits per heavy atom. The lowest BCUT2D eigenvalue weighted by Crippen LogP contribution is -2.23. The van der Waals surface area contributed by atoms with Crippen LogP contribution in [0.15, 0.2) is 12.1 Å². The quantitative estimate of drug-likeness (QED) is 0.810. The van der Waals surface area contributed by atoms with Crippen LogP contribution in [0, 0.1) is 0 Å². The molecule has 2 rings (SSSR count). The highest BCUT2D eigenvalue weighted by atomic mass is 35.5. The van der Waals surface area contributed by atoms with Gasteiger partial charge in [0.2, 0.25) is 0 Å². The fourth-order valence-electron chi connectivity index (χ4n) is 1.99. The van der Waals surface area contributed by atoms with Crippen LogP contribution in [0.25, 0.3) is 10.2 Å². The second-order valence-electron chi connectivity index (χ2n) is 6.34. The molecule has 1 aromatic heterocycles. The number of hydrogen-bond donors (Lipinski definition) is 1. The molecule has 1 heterocycles. The van der Waals surface area contributed by atoms with Gasteiger partial charge in [0.25, 0.3) is 5.19 Å². The summed E-state index contributed by atoms with van der Waals surface area (Å²) in [6.45, 7) is 9.75. The fourth-order valence-corrected chi connectivity index (χ4v) is 3.36. The second-order valence-corrected chi connectivity index (χ2v) is 7.83. The van der Waals surface area contributed by atoms with Gasteiger partial charge in [-0.3, -0.25) is 0 Å². The third-order valence-corrected chi connectivity index (χ3v) is 4.14. The van der Waals surface area contributed by atoms with E-state index in [-0.39, 0.29) is 18.3 Å². The van der Waals surface area contributed by atoms with E-state index >= 15 is 0 Å². The monoisotopic (exact) mass is 343 g/mol. The van der Waals surface area contributed by atoms with Gasteiger partial charge in [0.05, 0.1) is 22.8 Å². The van der Waals surface area contributed by atoms with Gasteiger partial charge in [-0.1, -0.05) is 17.4 Å². The van der Waals surface area contributed by atoms with Crippen LogP contribution in [-0.2, 0) is 0 Å². The van der Waals surface area contributed by atoms with Crippen molar-refractivity contribution in [2.24, 2.45) is 0 Å². The lowest BCUT2D eigenvalue weighted by molar-refractivity contribution is 0.133. The number of rotatable bonds is 5. The molecule has 22 heavy (non-hydrogen) atoms. The number of fused-ring (bicyclic) bond motifs is 1. The number of benzene rings is 1. The van der Waals surface area contributed by atoms with E-state index in [0.29, 0.717) is 10.9 Å². The number of alkyl halides is 1. The first-order valence-electron chi connectivity index (χ1n) is 7.25. The van der Waals surface area contributed by atoms with Gasteiger partial charge in [-0.05, 0) is 46.2 Å². The lowest BCUT2D eigenvalue weighted by Gasteiger charge is -2.22. The van der Waals surface area contributed by atoms with Gasteiger partial charge in [-0.15, -0.1) is 11.6 Å². The Bertz CT molecular complexity index is 649. The molecule has 0 unspecified atom stereocenters. The number of thiazole rings is 1. The van der Waals surface area contributed by atoms with Crippen LogP contribution in [0.5, 0.6) is 10.9 Å². The zero-order valence-electron chi connectivity index (χ0n) is 13.5. The zero-order valence-corrected chi connectivity index (χ0v) is 15.1. The van der Waals surface area contributed by atoms with Crippen molar-refractivity contribution in [3.8, 4) is 10.9 Å². The van der Waals surface area contributed by atoms with Gasteiger partial charge in [-0.25, -0.2) is 0 Å². The van der Waals surface area contributed by atoms with E-state index in [1.165, 1.54) is 11.3 Å². The molecule has 6 heteroatoms. The molecule has 0 aliphatic heterocycles. The normalized spacial score (nSPS) is 13.6. The first kappa shape index (κ1) is 17.3. The molecule has 0 bridgehead atoms. The number of aliphatic hydroxyl groups is 1. The molecule has 1 N–H and O–H groups in total. The highest BCUT2D eigenvalue weighted by Crippen LogP contribution is 2.41. The largest absolute Gasteiger partial charge is 0.486 e. The van der Waals surface area contributed by atoms with Gasteiger partial charge in [0.15, 0.2) is 0 Å². The molecule has 1 atom stereocenters. The van der Waals surface area contributed by atoms with E-state index in [1.807, 2.05) is 46.8 Å². The molecule has 0 radical (unpaired) electrons. The highest BCUT2D eigenvalue weighted by molar-refractivity contribution is 7.20. The summed E-state index contributed by atoms with van der Waals surface area (Å²) in [5, 5.41) is 9.45. The molecule has 4 nitrogen and oxygen atoms in total. The van der Waals surface area contributed by atoms with E-state index in [9.17, 15) is 5.11 Å². The minimum Gasteiger partial charge on any atom is -0.486 e. The fraction of sp³-hybridized carbons (Fsp3) is 0.562. The van der Waals surface area contributed by atoms with Crippen LogP contribution < -0.4 is 9.47 Å². The van der Waals surface area contributed by atoms with E-state index in [2.05, 4.69) is 4.98 Å². The number of ether oxygens (including phenoxy) is 2. The van der Waals surface area contributed by atoms with E-state index < -0.39 is 5.38 Å². The maximum absolute atomic E-state index is 9.35. The number of aromatic nitrogens is 1. The smallest absolute Gasteiger partial charge is 0.274 e. The maximum atomic E-state index is 9.35. The topological polar surface area (TPSA) is 51.6 Å². The van der Waals surface area contributed by atoms with Gasteiger partial charge in [0.1, 0.15) is 16.9 Å². The number of halogens is 1. The molecule has 2 aromatic rings. The summed E-state index contributed by atoms with van der Waals surface area (Å²) in [6.07, 6.45) is 0.0423. The van der Waals surface area contributed by atoms with Crippen molar-refractivity contribution in [3.05, 3.63) is 17.7 Å². The predicted octanol–water partition coefficient (Wildman–Crippen LogP) is 4.53. The molecule has 0 saturated carbocycles. The number of aliphatic hydroxyl groups excluding tert-OH is 1. The van der Waals surface area contributed by atoms with Crippen molar-refractivity contribution in [1.29, 1.82) is 0 Å². The van der Waals surface area contributed by atoms with Crippen LogP contribution in [0.2, 0.25) is 0 Å². The Morgan fingerprint density at radius 1 is 1.32 bits per heavy atom. The molecule has 0 amide bonds. The Labute approximate surface area is 140 Å². The molecule has 122 valence electrons. The third kappa shape index (κ3) is 4.03. The number of hydrogen-bond acceptors (Lipinski definition) is 5. The van der Waals surface area contributed by atoms with Gasteiger partial charge in [-0.2, -0.15) is 4.98 Å². The van der Waals surface area contributed by atoms with Crippen LogP contribution in [0.4, 0.5) is 0 Å². The molecule has 0 saturated heterocycles. The first-order chi connectivity index (χ1) is 10.2. The van der Waals surface area contributed by atoms with Crippen molar-refractivity contribution in [2.45, 2.75) is 51.7 Å². The highest BCUT2D eigenvalue weighted by Gasteiger charge is 2.21. The average molecular weight is 344 g/mol. The van der Waals surface area contributed by atoms with E-state index in [4.69, 9.17) is 21.1 Å². The van der Waals surface area contributed by atoms with E-state index in [0.717, 1.165) is 15.8 Å². The molecule has 1 aromatic carbocycles. The molecule has 0 aliphatic carbocycles. The van der Waals surface area contributed by atoms with Crippen molar-refractivity contribution in [1.82, 2.24) is 4.98 Å². The Morgan fingerprint density at radius 2 is 2.00 bits per heavy atom. The Balaban J connectivity index is 2.56. The van der Waals surface area contributed by atoms with Gasteiger partial charge in [0, 0.05) is 0 Å². The SMILES string of the molecule is CC(C)Oc1nc2c(OC(C)(C)C)ccc([C@H](Cl)CO)c2s1.